The number of hydrogen-bond acceptors (Lipinski definition) is 8. The SMILES string of the molecule is Cc1cccc(-c2cccc(COc3c4cccc3Cc3cccc(c3O)Cc3cccc(c3OCc3cccc(-c5cccc(C)n5)n3)Cc3cccc(c3O)C4)n2)n1. The van der Waals surface area contributed by atoms with E-state index in [-0.39, 0.29) is 24.7 Å². The van der Waals surface area contributed by atoms with Gasteiger partial charge in [0, 0.05) is 37.1 Å². The van der Waals surface area contributed by atoms with Crippen molar-refractivity contribution in [2.75, 3.05) is 0 Å². The van der Waals surface area contributed by atoms with Crippen molar-refractivity contribution >= 4 is 0 Å². The molecule has 0 saturated carbocycles. The molecule has 0 radical (unpaired) electrons. The first kappa shape index (κ1) is 38.2. The summed E-state index contributed by atoms with van der Waals surface area (Å²) >= 11 is 0. The summed E-state index contributed by atoms with van der Waals surface area (Å²) in [6.07, 6.45) is 1.71. The zero-order chi connectivity index (χ0) is 41.0. The van der Waals surface area contributed by atoms with Gasteiger partial charge in [0.05, 0.1) is 34.2 Å². The number of nitrogens with zero attached hydrogens (tertiary/aromatic N) is 4. The minimum absolute atomic E-state index is 0.224. The molecule has 0 saturated heterocycles. The Hall–Kier alpha value is -7.32. The highest BCUT2D eigenvalue weighted by molar-refractivity contribution is 5.57. The van der Waals surface area contributed by atoms with E-state index >= 15 is 0 Å². The summed E-state index contributed by atoms with van der Waals surface area (Å²) in [6, 6.07) is 47.6. The highest BCUT2D eigenvalue weighted by atomic mass is 16.5. The maximum atomic E-state index is 11.9. The summed E-state index contributed by atoms with van der Waals surface area (Å²) < 4.78 is 13.4. The second-order valence-corrected chi connectivity index (χ2v) is 15.3. The summed E-state index contributed by atoms with van der Waals surface area (Å²) in [7, 11) is 0. The van der Waals surface area contributed by atoms with Crippen LogP contribution in [0.25, 0.3) is 22.8 Å². The van der Waals surface area contributed by atoms with Crippen LogP contribution in [0.3, 0.4) is 0 Å². The lowest BCUT2D eigenvalue weighted by atomic mass is 9.91. The molecule has 9 rings (SSSR count). The number of rotatable bonds is 8. The minimum atomic E-state index is 0.224. The molecule has 4 heterocycles. The van der Waals surface area contributed by atoms with E-state index < -0.39 is 0 Å². The fourth-order valence-electron chi connectivity index (χ4n) is 7.95. The van der Waals surface area contributed by atoms with Crippen molar-refractivity contribution in [3.05, 3.63) is 213 Å². The van der Waals surface area contributed by atoms with Gasteiger partial charge in [-0.15, -0.1) is 0 Å². The van der Waals surface area contributed by atoms with Crippen molar-refractivity contribution in [1.29, 1.82) is 0 Å². The molecule has 0 amide bonds. The van der Waals surface area contributed by atoms with Crippen molar-refractivity contribution < 1.29 is 19.7 Å². The van der Waals surface area contributed by atoms with Gasteiger partial charge in [0.1, 0.15) is 36.2 Å². The van der Waals surface area contributed by atoms with Gasteiger partial charge in [0.25, 0.3) is 0 Å². The van der Waals surface area contributed by atoms with Gasteiger partial charge in [-0.05, 0) is 107 Å². The number of aryl methyl sites for hydroxylation is 2. The molecule has 60 heavy (non-hydrogen) atoms. The molecule has 0 fully saturated rings. The lowest BCUT2D eigenvalue weighted by Crippen LogP contribution is -2.07. The van der Waals surface area contributed by atoms with Crippen molar-refractivity contribution in [2.45, 2.75) is 52.7 Å². The molecule has 8 nitrogen and oxygen atoms in total. The third kappa shape index (κ3) is 8.31. The van der Waals surface area contributed by atoms with Crippen molar-refractivity contribution in [3.8, 4) is 45.8 Å². The van der Waals surface area contributed by atoms with Crippen LogP contribution in [-0.4, -0.2) is 30.1 Å². The van der Waals surface area contributed by atoms with Gasteiger partial charge in [0.2, 0.25) is 0 Å². The van der Waals surface area contributed by atoms with Crippen LogP contribution in [0.4, 0.5) is 0 Å². The first-order valence-electron chi connectivity index (χ1n) is 20.2. The molecule has 2 N–H and O–H groups in total. The number of phenols is 2. The van der Waals surface area contributed by atoms with Crippen molar-refractivity contribution in [2.24, 2.45) is 0 Å². The third-order valence-corrected chi connectivity index (χ3v) is 10.9. The average molecular weight is 789 g/mol. The fourth-order valence-corrected chi connectivity index (χ4v) is 7.95. The van der Waals surface area contributed by atoms with E-state index in [1.54, 1.807) is 0 Å². The Labute approximate surface area is 349 Å². The number of benzene rings is 4. The first-order valence-corrected chi connectivity index (χ1v) is 20.2. The molecule has 0 spiro atoms. The molecule has 296 valence electrons. The summed E-state index contributed by atoms with van der Waals surface area (Å²) in [5.41, 5.74) is 13.3. The number of hydrogen-bond donors (Lipinski definition) is 2. The predicted molar refractivity (Wildman–Crippen MR) is 233 cm³/mol. The standard InChI is InChI=1S/C52H44N4O4/c1-33-11-3-23-45(53-33)47-25-9-21-43(55-47)31-59-51-39-17-7-18-40(51)28-36-14-6-16-38(50(36)58)30-42-20-8-19-41(29-37-15-5-13-35(27-39)49(37)57)52(42)60-32-44-22-10-26-48(56-44)46-24-4-12-34(2)54-46/h3-26,57-58H,27-32H2,1-2H3. The van der Waals surface area contributed by atoms with Crippen LogP contribution in [0.15, 0.2) is 146 Å². The molecular weight excluding hydrogens is 745 g/mol. The zero-order valence-electron chi connectivity index (χ0n) is 33.6. The quantitative estimate of drug-likeness (QED) is 0.157. The highest BCUT2D eigenvalue weighted by Gasteiger charge is 2.21. The molecule has 0 unspecified atom stereocenters. The summed E-state index contributed by atoms with van der Waals surface area (Å²) in [6.45, 7) is 4.38. The highest BCUT2D eigenvalue weighted by Crippen LogP contribution is 2.38. The Balaban J connectivity index is 1.07. The topological polar surface area (TPSA) is 110 Å². The van der Waals surface area contributed by atoms with Gasteiger partial charge >= 0.3 is 0 Å². The number of ether oxygens (including phenoxy) is 2. The Bertz CT molecular complexity index is 2580. The van der Waals surface area contributed by atoms with Gasteiger partial charge in [-0.25, -0.2) is 9.97 Å². The van der Waals surface area contributed by atoms with E-state index in [0.717, 1.165) is 90.1 Å². The van der Waals surface area contributed by atoms with Crippen molar-refractivity contribution in [1.82, 2.24) is 19.9 Å². The van der Waals surface area contributed by atoms with Crippen LogP contribution in [0.1, 0.15) is 67.3 Å². The number of aromatic nitrogens is 4. The molecular formula is C52H44N4O4. The predicted octanol–water partition coefficient (Wildman–Crippen LogP) is 10.5. The third-order valence-electron chi connectivity index (χ3n) is 10.9. The molecule has 4 aromatic carbocycles. The Morgan fingerprint density at radius 3 is 0.983 bits per heavy atom. The van der Waals surface area contributed by atoms with Gasteiger partial charge in [-0.1, -0.05) is 97.1 Å². The lowest BCUT2D eigenvalue weighted by molar-refractivity contribution is 0.295. The van der Waals surface area contributed by atoms with Crippen LogP contribution in [0, 0.1) is 13.8 Å². The smallest absolute Gasteiger partial charge is 0.130 e. The Morgan fingerprint density at radius 1 is 0.367 bits per heavy atom. The lowest BCUT2D eigenvalue weighted by Gasteiger charge is -2.20. The summed E-state index contributed by atoms with van der Waals surface area (Å²) in [5.74, 6) is 1.88. The zero-order valence-corrected chi connectivity index (χ0v) is 33.6. The number of para-hydroxylation sites is 4. The Morgan fingerprint density at radius 2 is 0.650 bits per heavy atom. The molecule has 8 heteroatoms. The van der Waals surface area contributed by atoms with Gasteiger partial charge < -0.3 is 19.7 Å². The van der Waals surface area contributed by atoms with Crippen molar-refractivity contribution in [3.63, 3.8) is 0 Å². The molecule has 1 aliphatic carbocycles. The van der Waals surface area contributed by atoms with Gasteiger partial charge in [-0.3, -0.25) is 9.97 Å². The first-order chi connectivity index (χ1) is 29.3. The van der Waals surface area contributed by atoms with Crippen LogP contribution < -0.4 is 9.47 Å². The maximum absolute atomic E-state index is 11.9. The second-order valence-electron chi connectivity index (χ2n) is 15.3. The number of pyridine rings is 4. The van der Waals surface area contributed by atoms with E-state index in [1.807, 2.05) is 159 Å². The van der Waals surface area contributed by atoms with Crippen LogP contribution in [0.2, 0.25) is 0 Å². The largest absolute Gasteiger partial charge is 0.507 e. The van der Waals surface area contributed by atoms with Gasteiger partial charge in [0.15, 0.2) is 0 Å². The van der Waals surface area contributed by atoms with E-state index in [4.69, 9.17) is 19.4 Å². The monoisotopic (exact) mass is 788 g/mol. The van der Waals surface area contributed by atoms with E-state index in [9.17, 15) is 10.2 Å². The maximum Gasteiger partial charge on any atom is 0.130 e. The van der Waals surface area contributed by atoms with Gasteiger partial charge in [-0.2, -0.15) is 0 Å². The molecule has 8 bridgehead atoms. The summed E-state index contributed by atoms with van der Waals surface area (Å²) in [4.78, 5) is 19.1. The minimum Gasteiger partial charge on any atom is -0.507 e. The summed E-state index contributed by atoms with van der Waals surface area (Å²) in [5, 5.41) is 23.9. The van der Waals surface area contributed by atoms with E-state index in [2.05, 4.69) is 9.97 Å². The molecule has 1 aliphatic rings. The molecule has 0 atom stereocenters. The van der Waals surface area contributed by atoms with E-state index in [1.165, 1.54) is 0 Å². The molecule has 0 aliphatic heterocycles. The average Bonchev–Trinajstić information content (AvgIpc) is 3.26. The van der Waals surface area contributed by atoms with Crippen LogP contribution in [-0.2, 0) is 38.9 Å². The number of aromatic hydroxyl groups is 2. The van der Waals surface area contributed by atoms with Crippen LogP contribution in [0.5, 0.6) is 23.0 Å². The van der Waals surface area contributed by atoms with Crippen LogP contribution >= 0.6 is 0 Å². The molecule has 8 aromatic rings. The second kappa shape index (κ2) is 16.9. The number of fused-ring (bicyclic) bond motifs is 8. The van der Waals surface area contributed by atoms with E-state index in [0.29, 0.717) is 37.2 Å². The number of phenolic OH excluding ortho intramolecular Hbond substituents is 2. The Kier molecular flexibility index (Phi) is 10.7. The normalized spacial score (nSPS) is 12.2. The fraction of sp³-hybridized carbons (Fsp3) is 0.154. The molecule has 4 aromatic heterocycles.